The number of halogens is 1. The first-order valence-electron chi connectivity index (χ1n) is 7.61. The normalized spacial score (nSPS) is 15.4. The lowest BCUT2D eigenvalue weighted by molar-refractivity contribution is 0.626. The van der Waals surface area contributed by atoms with Crippen LogP contribution in [0.25, 0.3) is 16.3 Å². The Balaban J connectivity index is 1.68. The summed E-state index contributed by atoms with van der Waals surface area (Å²) in [5.41, 5.74) is 4.99. The third-order valence-corrected chi connectivity index (χ3v) is 4.42. The molecule has 0 atom stereocenters. The van der Waals surface area contributed by atoms with E-state index in [0.717, 1.165) is 24.8 Å². The topological polar surface area (TPSA) is 12.9 Å². The molecule has 0 saturated carbocycles. The van der Waals surface area contributed by atoms with Crippen LogP contribution in [0.15, 0.2) is 60.9 Å². The van der Waals surface area contributed by atoms with Crippen LogP contribution in [0.1, 0.15) is 23.1 Å². The molecule has 108 valence electrons. The van der Waals surface area contributed by atoms with Crippen LogP contribution in [-0.4, -0.2) is 4.98 Å². The average molecular weight is 289 g/mol. The highest BCUT2D eigenvalue weighted by atomic mass is 19.1. The number of rotatable bonds is 2. The molecule has 0 unspecified atom stereocenters. The summed E-state index contributed by atoms with van der Waals surface area (Å²) in [6, 6.07) is 13.5. The van der Waals surface area contributed by atoms with Crippen LogP contribution < -0.4 is 0 Å². The second-order valence-electron chi connectivity index (χ2n) is 5.75. The van der Waals surface area contributed by atoms with Gasteiger partial charge in [-0.1, -0.05) is 30.3 Å². The molecule has 0 N–H and O–H groups in total. The van der Waals surface area contributed by atoms with Crippen LogP contribution in [0.5, 0.6) is 0 Å². The summed E-state index contributed by atoms with van der Waals surface area (Å²) >= 11 is 0. The fraction of sp³-hybridized carbons (Fsp3) is 0.150. The number of aryl methyl sites for hydroxylation is 1. The minimum Gasteiger partial charge on any atom is -0.264 e. The summed E-state index contributed by atoms with van der Waals surface area (Å²) in [7, 11) is 0. The van der Waals surface area contributed by atoms with E-state index in [9.17, 15) is 4.39 Å². The first-order valence-corrected chi connectivity index (χ1v) is 7.61. The van der Waals surface area contributed by atoms with Gasteiger partial charge < -0.3 is 0 Å². The fourth-order valence-electron chi connectivity index (χ4n) is 3.30. The zero-order valence-electron chi connectivity index (χ0n) is 12.2. The molecule has 22 heavy (non-hydrogen) atoms. The standard InChI is InChI=1S/C20H16FN/c21-18-8-9-19-15(6-7-16(19)12-18)5-4-14-2-1-3-17-13-22-11-10-20(14)17/h1-3,5,8-13H,4,6-7H2/b15-5+. The van der Waals surface area contributed by atoms with E-state index < -0.39 is 0 Å². The quantitative estimate of drug-likeness (QED) is 0.650. The summed E-state index contributed by atoms with van der Waals surface area (Å²) in [4.78, 5) is 4.18. The highest BCUT2D eigenvalue weighted by molar-refractivity contribution is 5.85. The van der Waals surface area contributed by atoms with E-state index in [2.05, 4.69) is 35.3 Å². The molecule has 0 bridgehead atoms. The van der Waals surface area contributed by atoms with Crippen molar-refractivity contribution in [3.8, 4) is 0 Å². The summed E-state index contributed by atoms with van der Waals surface area (Å²) in [6.45, 7) is 0. The molecule has 0 spiro atoms. The summed E-state index contributed by atoms with van der Waals surface area (Å²) in [6.07, 6.45) is 8.88. The van der Waals surface area contributed by atoms with Crippen LogP contribution in [0.4, 0.5) is 4.39 Å². The van der Waals surface area contributed by atoms with Crippen molar-refractivity contribution in [3.63, 3.8) is 0 Å². The van der Waals surface area contributed by atoms with Crippen LogP contribution >= 0.6 is 0 Å². The van der Waals surface area contributed by atoms with Crippen molar-refractivity contribution in [2.75, 3.05) is 0 Å². The van der Waals surface area contributed by atoms with Gasteiger partial charge in [-0.15, -0.1) is 0 Å². The molecule has 0 saturated heterocycles. The molecule has 4 rings (SSSR count). The zero-order chi connectivity index (χ0) is 14.9. The van der Waals surface area contributed by atoms with E-state index in [4.69, 9.17) is 0 Å². The Kier molecular flexibility index (Phi) is 3.23. The van der Waals surface area contributed by atoms with E-state index in [1.165, 1.54) is 27.5 Å². The predicted molar refractivity (Wildman–Crippen MR) is 88.1 cm³/mol. The maximum Gasteiger partial charge on any atom is 0.123 e. The van der Waals surface area contributed by atoms with Crippen molar-refractivity contribution in [1.82, 2.24) is 4.98 Å². The lowest BCUT2D eigenvalue weighted by Crippen LogP contribution is -1.87. The Morgan fingerprint density at radius 1 is 1.09 bits per heavy atom. The monoisotopic (exact) mass is 289 g/mol. The molecule has 1 aliphatic carbocycles. The number of nitrogens with zero attached hydrogens (tertiary/aromatic N) is 1. The predicted octanol–water partition coefficient (Wildman–Crippen LogP) is 4.95. The minimum atomic E-state index is -0.137. The largest absolute Gasteiger partial charge is 0.264 e. The van der Waals surface area contributed by atoms with E-state index in [1.54, 1.807) is 12.1 Å². The molecule has 3 aromatic rings. The lowest BCUT2D eigenvalue weighted by Gasteiger charge is -2.05. The molecule has 0 amide bonds. The van der Waals surface area contributed by atoms with Crippen molar-refractivity contribution >= 4 is 16.3 Å². The van der Waals surface area contributed by atoms with E-state index in [-0.39, 0.29) is 5.82 Å². The maximum atomic E-state index is 13.3. The van der Waals surface area contributed by atoms with Crippen LogP contribution in [0.2, 0.25) is 0 Å². The third kappa shape index (κ3) is 2.31. The maximum absolute atomic E-state index is 13.3. The molecule has 0 aliphatic heterocycles. The summed E-state index contributed by atoms with van der Waals surface area (Å²) < 4.78 is 13.3. The van der Waals surface area contributed by atoms with Gasteiger partial charge in [-0.3, -0.25) is 4.98 Å². The Labute approximate surface area is 129 Å². The SMILES string of the molecule is Fc1ccc2c(c1)CC/C2=C\Cc1cccc2cnccc12. The first-order chi connectivity index (χ1) is 10.8. The van der Waals surface area contributed by atoms with Crippen molar-refractivity contribution in [3.05, 3.63) is 83.4 Å². The number of benzene rings is 2. The average Bonchev–Trinajstić information content (AvgIpc) is 2.95. The van der Waals surface area contributed by atoms with Gasteiger partial charge in [-0.25, -0.2) is 4.39 Å². The number of hydrogen-bond donors (Lipinski definition) is 0. The Bertz CT molecular complexity index is 875. The van der Waals surface area contributed by atoms with Crippen LogP contribution in [-0.2, 0) is 12.8 Å². The van der Waals surface area contributed by atoms with Crippen molar-refractivity contribution < 1.29 is 4.39 Å². The molecular formula is C20H16FN. The molecule has 1 aromatic heterocycles. The molecule has 1 aliphatic rings. The number of fused-ring (bicyclic) bond motifs is 2. The van der Waals surface area contributed by atoms with Crippen molar-refractivity contribution in [2.45, 2.75) is 19.3 Å². The Hall–Kier alpha value is -2.48. The number of hydrogen-bond acceptors (Lipinski definition) is 1. The second kappa shape index (κ2) is 5.38. The molecule has 1 nitrogen and oxygen atoms in total. The van der Waals surface area contributed by atoms with Gasteiger partial charge in [0.1, 0.15) is 5.82 Å². The van der Waals surface area contributed by atoms with Gasteiger partial charge in [-0.05, 0) is 65.1 Å². The van der Waals surface area contributed by atoms with Gasteiger partial charge in [0, 0.05) is 17.8 Å². The van der Waals surface area contributed by atoms with Crippen LogP contribution in [0.3, 0.4) is 0 Å². The molecule has 2 heteroatoms. The van der Waals surface area contributed by atoms with Crippen molar-refractivity contribution in [1.29, 1.82) is 0 Å². The van der Waals surface area contributed by atoms with E-state index in [1.807, 2.05) is 18.5 Å². The van der Waals surface area contributed by atoms with Crippen LogP contribution in [0, 0.1) is 5.82 Å². The minimum absolute atomic E-state index is 0.137. The van der Waals surface area contributed by atoms with Crippen molar-refractivity contribution in [2.24, 2.45) is 0 Å². The van der Waals surface area contributed by atoms with Gasteiger partial charge in [-0.2, -0.15) is 0 Å². The van der Waals surface area contributed by atoms with Gasteiger partial charge >= 0.3 is 0 Å². The summed E-state index contributed by atoms with van der Waals surface area (Å²) in [5, 5.41) is 2.43. The van der Waals surface area contributed by atoms with E-state index >= 15 is 0 Å². The molecule has 1 heterocycles. The first kappa shape index (κ1) is 13.2. The fourth-order valence-corrected chi connectivity index (χ4v) is 3.30. The molecule has 2 aromatic carbocycles. The number of aromatic nitrogens is 1. The van der Waals surface area contributed by atoms with Gasteiger partial charge in [0.2, 0.25) is 0 Å². The molecule has 0 fully saturated rings. The highest BCUT2D eigenvalue weighted by Gasteiger charge is 2.16. The summed E-state index contributed by atoms with van der Waals surface area (Å²) in [5.74, 6) is -0.137. The molecule has 0 radical (unpaired) electrons. The zero-order valence-corrected chi connectivity index (χ0v) is 12.2. The highest BCUT2D eigenvalue weighted by Crippen LogP contribution is 2.33. The third-order valence-electron chi connectivity index (χ3n) is 4.42. The number of pyridine rings is 1. The Morgan fingerprint density at radius 3 is 3.00 bits per heavy atom. The second-order valence-corrected chi connectivity index (χ2v) is 5.75. The van der Waals surface area contributed by atoms with Gasteiger partial charge in [0.15, 0.2) is 0 Å². The molecular weight excluding hydrogens is 273 g/mol. The number of allylic oxidation sites excluding steroid dienone is 2. The smallest absolute Gasteiger partial charge is 0.123 e. The Morgan fingerprint density at radius 2 is 2.05 bits per heavy atom. The van der Waals surface area contributed by atoms with Gasteiger partial charge in [0.25, 0.3) is 0 Å². The lowest BCUT2D eigenvalue weighted by atomic mass is 10.0. The van der Waals surface area contributed by atoms with Gasteiger partial charge in [0.05, 0.1) is 0 Å². The van der Waals surface area contributed by atoms with E-state index in [0.29, 0.717) is 0 Å².